The van der Waals surface area contributed by atoms with Gasteiger partial charge < -0.3 is 14.4 Å². The van der Waals surface area contributed by atoms with Crippen LogP contribution in [0.1, 0.15) is 47.0 Å². The molecule has 0 aliphatic rings. The lowest BCUT2D eigenvalue weighted by molar-refractivity contribution is 0.252. The summed E-state index contributed by atoms with van der Waals surface area (Å²) in [6.45, 7) is 11.4. The van der Waals surface area contributed by atoms with Gasteiger partial charge in [0.2, 0.25) is 0 Å². The molecule has 0 bridgehead atoms. The standard InChI is InChI=1S/C11H29N3OSi/c1-5-8-13-16(14-9-6-2)15-10-12-11(4)7-3/h11-14,16H,5-10H2,1-4H3. The minimum Gasteiger partial charge on any atom is -0.381 e. The Morgan fingerprint density at radius 3 is 2.06 bits per heavy atom. The number of rotatable bonds is 11. The molecule has 0 aliphatic carbocycles. The Kier molecular flexibility index (Phi) is 11.6. The molecule has 0 fully saturated rings. The first-order valence-corrected chi connectivity index (χ1v) is 8.18. The minimum absolute atomic E-state index is 0.534. The predicted molar refractivity (Wildman–Crippen MR) is 72.6 cm³/mol. The fraction of sp³-hybridized carbons (Fsp3) is 1.00. The monoisotopic (exact) mass is 247 g/mol. The van der Waals surface area contributed by atoms with Crippen molar-refractivity contribution in [2.45, 2.75) is 53.0 Å². The zero-order valence-electron chi connectivity index (χ0n) is 11.3. The molecular weight excluding hydrogens is 218 g/mol. The van der Waals surface area contributed by atoms with E-state index in [1.54, 1.807) is 0 Å². The summed E-state index contributed by atoms with van der Waals surface area (Å²) in [6, 6.07) is 0.534. The highest BCUT2D eigenvalue weighted by Gasteiger charge is 2.10. The predicted octanol–water partition coefficient (Wildman–Crippen LogP) is 1.06. The van der Waals surface area contributed by atoms with Gasteiger partial charge in [-0.1, -0.05) is 20.8 Å². The van der Waals surface area contributed by atoms with Crippen LogP contribution in [0.5, 0.6) is 0 Å². The number of nitrogens with one attached hydrogen (secondary N) is 3. The topological polar surface area (TPSA) is 45.3 Å². The van der Waals surface area contributed by atoms with Gasteiger partial charge in [0, 0.05) is 6.04 Å². The van der Waals surface area contributed by atoms with Crippen LogP contribution in [-0.4, -0.2) is 35.2 Å². The van der Waals surface area contributed by atoms with E-state index in [2.05, 4.69) is 43.0 Å². The second kappa shape index (κ2) is 11.5. The Bertz CT molecular complexity index is 141. The third kappa shape index (κ3) is 9.29. The van der Waals surface area contributed by atoms with E-state index in [-0.39, 0.29) is 0 Å². The van der Waals surface area contributed by atoms with Gasteiger partial charge in [-0.25, -0.2) is 0 Å². The molecule has 0 rings (SSSR count). The average Bonchev–Trinajstić information content (AvgIpc) is 2.31. The molecule has 5 heteroatoms. The Balaban J connectivity index is 3.63. The summed E-state index contributed by atoms with van der Waals surface area (Å²) in [4.78, 5) is 6.92. The van der Waals surface area contributed by atoms with Crippen molar-refractivity contribution in [3.05, 3.63) is 0 Å². The quantitative estimate of drug-likeness (QED) is 0.377. The minimum atomic E-state index is -1.40. The Hall–Kier alpha value is 0.0569. The molecule has 0 saturated heterocycles. The highest BCUT2D eigenvalue weighted by atomic mass is 28.3. The van der Waals surface area contributed by atoms with Crippen molar-refractivity contribution in [2.75, 3.05) is 19.8 Å². The Labute approximate surface area is 102 Å². The van der Waals surface area contributed by atoms with E-state index in [1.165, 1.54) is 0 Å². The van der Waals surface area contributed by atoms with Crippen molar-refractivity contribution in [3.63, 3.8) is 0 Å². The van der Waals surface area contributed by atoms with Gasteiger partial charge in [0.25, 0.3) is 0 Å². The molecule has 0 aliphatic heterocycles. The maximum Gasteiger partial charge on any atom is 0.336 e. The molecule has 1 unspecified atom stereocenters. The largest absolute Gasteiger partial charge is 0.381 e. The summed E-state index contributed by atoms with van der Waals surface area (Å²) in [5.41, 5.74) is 0. The van der Waals surface area contributed by atoms with Crippen LogP contribution in [0.4, 0.5) is 0 Å². The molecule has 0 aromatic heterocycles. The van der Waals surface area contributed by atoms with Crippen LogP contribution < -0.4 is 15.3 Å². The van der Waals surface area contributed by atoms with Crippen molar-refractivity contribution in [1.82, 2.24) is 15.3 Å². The van der Waals surface area contributed by atoms with E-state index in [1.807, 2.05) is 0 Å². The van der Waals surface area contributed by atoms with Crippen molar-refractivity contribution >= 4 is 9.36 Å². The van der Waals surface area contributed by atoms with Crippen molar-refractivity contribution in [3.8, 4) is 0 Å². The molecule has 0 aromatic rings. The van der Waals surface area contributed by atoms with Crippen molar-refractivity contribution in [1.29, 1.82) is 0 Å². The maximum atomic E-state index is 5.82. The maximum absolute atomic E-state index is 5.82. The molecule has 4 nitrogen and oxygen atoms in total. The molecule has 3 N–H and O–H groups in total. The van der Waals surface area contributed by atoms with Crippen LogP contribution in [0.15, 0.2) is 0 Å². The lowest BCUT2D eigenvalue weighted by Crippen LogP contribution is -2.52. The second-order valence-corrected chi connectivity index (χ2v) is 6.02. The molecule has 16 heavy (non-hydrogen) atoms. The zero-order valence-corrected chi connectivity index (χ0v) is 12.5. The highest BCUT2D eigenvalue weighted by Crippen LogP contribution is 1.87. The molecule has 0 radical (unpaired) electrons. The molecule has 0 aromatic carbocycles. The SMILES string of the molecule is CCCN[SiH](NCCC)OCNC(C)CC. The van der Waals surface area contributed by atoms with Gasteiger partial charge >= 0.3 is 9.36 Å². The lowest BCUT2D eigenvalue weighted by Gasteiger charge is -2.20. The van der Waals surface area contributed by atoms with Gasteiger partial charge in [0.05, 0.1) is 6.73 Å². The number of hydrogen-bond acceptors (Lipinski definition) is 4. The average molecular weight is 247 g/mol. The summed E-state index contributed by atoms with van der Waals surface area (Å²) in [7, 11) is -1.40. The first-order valence-electron chi connectivity index (χ1n) is 6.56. The van der Waals surface area contributed by atoms with Gasteiger partial charge in [-0.15, -0.1) is 0 Å². The Morgan fingerprint density at radius 2 is 1.62 bits per heavy atom. The third-order valence-electron chi connectivity index (χ3n) is 2.45. The van der Waals surface area contributed by atoms with Crippen LogP contribution in [0, 0.1) is 0 Å². The van der Waals surface area contributed by atoms with Crippen LogP contribution in [0.25, 0.3) is 0 Å². The normalized spacial score (nSPS) is 13.3. The smallest absolute Gasteiger partial charge is 0.336 e. The fourth-order valence-electron chi connectivity index (χ4n) is 1.16. The number of hydrogen-bond donors (Lipinski definition) is 3. The highest BCUT2D eigenvalue weighted by molar-refractivity contribution is 6.45. The van der Waals surface area contributed by atoms with Crippen LogP contribution in [-0.2, 0) is 4.43 Å². The van der Waals surface area contributed by atoms with Gasteiger partial charge in [0.1, 0.15) is 0 Å². The summed E-state index contributed by atoms with van der Waals surface area (Å²) >= 11 is 0. The van der Waals surface area contributed by atoms with Crippen molar-refractivity contribution < 1.29 is 4.43 Å². The second-order valence-electron chi connectivity index (χ2n) is 4.11. The summed E-state index contributed by atoms with van der Waals surface area (Å²) in [5, 5.41) is 3.35. The van der Waals surface area contributed by atoms with Gasteiger partial charge in [-0.2, -0.15) is 0 Å². The van der Waals surface area contributed by atoms with E-state index in [9.17, 15) is 0 Å². The Morgan fingerprint density at radius 1 is 1.06 bits per heavy atom. The summed E-state index contributed by atoms with van der Waals surface area (Å²) in [6.07, 6.45) is 3.44. The molecular formula is C11H29N3OSi. The lowest BCUT2D eigenvalue weighted by atomic mass is 10.3. The van der Waals surface area contributed by atoms with Crippen LogP contribution >= 0.6 is 0 Å². The first-order chi connectivity index (χ1) is 7.74. The van der Waals surface area contributed by atoms with Crippen molar-refractivity contribution in [2.24, 2.45) is 0 Å². The molecule has 98 valence electrons. The van der Waals surface area contributed by atoms with Crippen LogP contribution in [0.2, 0.25) is 0 Å². The van der Waals surface area contributed by atoms with E-state index in [4.69, 9.17) is 4.43 Å². The molecule has 0 spiro atoms. The molecule has 0 amide bonds. The van der Waals surface area contributed by atoms with Gasteiger partial charge in [-0.3, -0.25) is 5.32 Å². The summed E-state index contributed by atoms with van der Waals surface area (Å²) in [5.74, 6) is 0. The van der Waals surface area contributed by atoms with E-state index >= 15 is 0 Å². The molecule has 1 atom stereocenters. The fourth-order valence-corrected chi connectivity index (χ4v) is 2.90. The van der Waals surface area contributed by atoms with E-state index < -0.39 is 9.36 Å². The molecule has 0 heterocycles. The van der Waals surface area contributed by atoms with Gasteiger partial charge in [-0.05, 0) is 39.3 Å². The summed E-state index contributed by atoms with van der Waals surface area (Å²) < 4.78 is 5.82. The van der Waals surface area contributed by atoms with Crippen LogP contribution in [0.3, 0.4) is 0 Å². The van der Waals surface area contributed by atoms with E-state index in [0.717, 1.165) is 32.4 Å². The first kappa shape index (κ1) is 16.1. The zero-order chi connectivity index (χ0) is 12.2. The van der Waals surface area contributed by atoms with E-state index in [0.29, 0.717) is 12.8 Å². The van der Waals surface area contributed by atoms with Gasteiger partial charge in [0.15, 0.2) is 0 Å². The third-order valence-corrected chi connectivity index (χ3v) is 4.27. The molecule has 0 saturated carbocycles.